The largest absolute Gasteiger partial charge is 0.396 e. The molecule has 0 unspecified atom stereocenters. The molecule has 0 saturated carbocycles. The number of piperidine rings is 1. The number of carbonyl (C=O) groups excluding carboxylic acids is 1. The second-order valence-electron chi connectivity index (χ2n) is 5.88. The summed E-state index contributed by atoms with van der Waals surface area (Å²) in [6, 6.07) is 7.27. The third kappa shape index (κ3) is 5.37. The van der Waals surface area contributed by atoms with Crippen molar-refractivity contribution in [2.75, 3.05) is 38.1 Å². The van der Waals surface area contributed by atoms with Gasteiger partial charge in [0.1, 0.15) is 0 Å². The van der Waals surface area contributed by atoms with E-state index in [1.165, 1.54) is 0 Å². The minimum absolute atomic E-state index is 0.0920. The summed E-state index contributed by atoms with van der Waals surface area (Å²) in [6.45, 7) is 5.91. The second-order valence-corrected chi connectivity index (χ2v) is 6.31. The number of nitrogens with zero attached hydrogens (tertiary/aromatic N) is 2. The van der Waals surface area contributed by atoms with Crippen LogP contribution in [0.15, 0.2) is 24.3 Å². The van der Waals surface area contributed by atoms with Gasteiger partial charge in [0.25, 0.3) is 0 Å². The van der Waals surface area contributed by atoms with Crippen molar-refractivity contribution >= 4 is 23.3 Å². The average molecular weight is 340 g/mol. The van der Waals surface area contributed by atoms with Crippen LogP contribution in [0.1, 0.15) is 26.2 Å². The highest BCUT2D eigenvalue weighted by molar-refractivity contribution is 6.30. The molecular formula is C17H26ClN3O2. The molecule has 5 nitrogen and oxygen atoms in total. The number of benzene rings is 1. The van der Waals surface area contributed by atoms with Crippen LogP contribution in [0.25, 0.3) is 0 Å². The number of hydrogen-bond donors (Lipinski definition) is 2. The molecule has 0 spiro atoms. The van der Waals surface area contributed by atoms with E-state index in [9.17, 15) is 4.79 Å². The molecule has 1 aliphatic rings. The van der Waals surface area contributed by atoms with E-state index >= 15 is 0 Å². The highest BCUT2D eigenvalue weighted by atomic mass is 35.5. The molecule has 0 radical (unpaired) electrons. The van der Waals surface area contributed by atoms with Crippen molar-refractivity contribution in [2.45, 2.75) is 32.2 Å². The summed E-state index contributed by atoms with van der Waals surface area (Å²) in [5, 5.41) is 12.6. The molecular weight excluding hydrogens is 314 g/mol. The molecule has 128 valence electrons. The fraction of sp³-hybridized carbons (Fsp3) is 0.588. The highest BCUT2D eigenvalue weighted by Gasteiger charge is 2.27. The Kier molecular flexibility index (Phi) is 7.15. The van der Waals surface area contributed by atoms with Gasteiger partial charge in [-0.1, -0.05) is 24.6 Å². The molecule has 6 heteroatoms. The van der Waals surface area contributed by atoms with Gasteiger partial charge in [0, 0.05) is 43.0 Å². The van der Waals surface area contributed by atoms with E-state index in [2.05, 4.69) is 17.1 Å². The first-order chi connectivity index (χ1) is 11.1. The van der Waals surface area contributed by atoms with Crippen LogP contribution in [0.3, 0.4) is 0 Å². The van der Waals surface area contributed by atoms with Gasteiger partial charge in [0.2, 0.25) is 0 Å². The molecule has 1 saturated heterocycles. The molecule has 0 bridgehead atoms. The number of nitrogens with one attached hydrogen (secondary N) is 1. The summed E-state index contributed by atoms with van der Waals surface area (Å²) >= 11 is 5.97. The average Bonchev–Trinajstić information content (AvgIpc) is 2.56. The number of hydrogen-bond acceptors (Lipinski definition) is 3. The molecule has 1 heterocycles. The van der Waals surface area contributed by atoms with Gasteiger partial charge >= 0.3 is 6.03 Å². The Hall–Kier alpha value is -1.30. The Labute approximate surface area is 143 Å². The number of aliphatic hydroxyl groups is 1. The van der Waals surface area contributed by atoms with Crippen LogP contribution >= 0.6 is 11.6 Å². The van der Waals surface area contributed by atoms with Gasteiger partial charge in [-0.05, 0) is 44.0 Å². The lowest BCUT2D eigenvalue weighted by Gasteiger charge is -2.38. The summed E-state index contributed by atoms with van der Waals surface area (Å²) in [6.07, 6.45) is 2.54. The van der Waals surface area contributed by atoms with Gasteiger partial charge in [0.05, 0.1) is 0 Å². The number of amides is 2. The molecule has 0 atom stereocenters. The van der Waals surface area contributed by atoms with Gasteiger partial charge in [-0.2, -0.15) is 0 Å². The maximum absolute atomic E-state index is 12.7. The third-order valence-corrected chi connectivity index (χ3v) is 4.57. The Morgan fingerprint density at radius 2 is 2.17 bits per heavy atom. The Bertz CT molecular complexity index is 504. The Morgan fingerprint density at radius 1 is 1.43 bits per heavy atom. The van der Waals surface area contributed by atoms with Crippen LogP contribution in [0.5, 0.6) is 0 Å². The number of aliphatic hydroxyl groups excluding tert-OH is 1. The van der Waals surface area contributed by atoms with Gasteiger partial charge in [-0.15, -0.1) is 0 Å². The van der Waals surface area contributed by atoms with Gasteiger partial charge in [0.15, 0.2) is 0 Å². The van der Waals surface area contributed by atoms with Crippen LogP contribution in [0.2, 0.25) is 5.02 Å². The van der Waals surface area contributed by atoms with Crippen molar-refractivity contribution in [3.63, 3.8) is 0 Å². The van der Waals surface area contributed by atoms with Crippen molar-refractivity contribution < 1.29 is 9.90 Å². The summed E-state index contributed by atoms with van der Waals surface area (Å²) < 4.78 is 0. The van der Waals surface area contributed by atoms with E-state index in [0.717, 1.165) is 32.5 Å². The van der Waals surface area contributed by atoms with E-state index in [0.29, 0.717) is 23.7 Å². The minimum Gasteiger partial charge on any atom is -0.396 e. The number of rotatable bonds is 6. The van der Waals surface area contributed by atoms with Crippen LogP contribution in [-0.2, 0) is 0 Å². The first-order valence-corrected chi connectivity index (χ1v) is 8.68. The molecule has 2 amide bonds. The number of urea groups is 1. The maximum Gasteiger partial charge on any atom is 0.322 e. The second kappa shape index (κ2) is 9.11. The molecule has 23 heavy (non-hydrogen) atoms. The normalized spacial score (nSPS) is 16.3. The lowest BCUT2D eigenvalue weighted by Crippen LogP contribution is -2.49. The highest BCUT2D eigenvalue weighted by Crippen LogP contribution is 2.20. The molecule has 0 aliphatic carbocycles. The van der Waals surface area contributed by atoms with E-state index in [-0.39, 0.29) is 18.7 Å². The van der Waals surface area contributed by atoms with E-state index < -0.39 is 0 Å². The first kappa shape index (κ1) is 18.0. The Morgan fingerprint density at radius 3 is 2.78 bits per heavy atom. The van der Waals surface area contributed by atoms with E-state index in [4.69, 9.17) is 16.7 Å². The topological polar surface area (TPSA) is 55.8 Å². The van der Waals surface area contributed by atoms with Crippen molar-refractivity contribution in [1.29, 1.82) is 0 Å². The van der Waals surface area contributed by atoms with Crippen molar-refractivity contribution in [2.24, 2.45) is 0 Å². The number of likely N-dealkylation sites (tertiary alicyclic amines) is 1. The van der Waals surface area contributed by atoms with E-state index in [1.807, 2.05) is 17.0 Å². The van der Waals surface area contributed by atoms with Gasteiger partial charge in [-0.3, -0.25) is 0 Å². The molecule has 0 aromatic heterocycles. The quantitative estimate of drug-likeness (QED) is 0.837. The van der Waals surface area contributed by atoms with Gasteiger partial charge in [-0.25, -0.2) is 4.79 Å². The Balaban J connectivity index is 2.00. The molecule has 1 aliphatic heterocycles. The molecule has 2 rings (SSSR count). The summed E-state index contributed by atoms with van der Waals surface area (Å²) in [5.74, 6) is 0. The predicted octanol–water partition coefficient (Wildman–Crippen LogP) is 3.04. The zero-order chi connectivity index (χ0) is 16.7. The van der Waals surface area contributed by atoms with Crippen molar-refractivity contribution in [3.8, 4) is 0 Å². The van der Waals surface area contributed by atoms with Crippen molar-refractivity contribution in [1.82, 2.24) is 9.80 Å². The lowest BCUT2D eigenvalue weighted by molar-refractivity contribution is 0.124. The fourth-order valence-corrected chi connectivity index (χ4v) is 3.19. The maximum atomic E-state index is 12.7. The van der Waals surface area contributed by atoms with E-state index in [1.54, 1.807) is 12.1 Å². The van der Waals surface area contributed by atoms with Crippen LogP contribution in [-0.4, -0.2) is 59.8 Å². The predicted molar refractivity (Wildman–Crippen MR) is 94.0 cm³/mol. The van der Waals surface area contributed by atoms with Crippen LogP contribution < -0.4 is 5.32 Å². The number of carbonyl (C=O) groups is 1. The zero-order valence-electron chi connectivity index (χ0n) is 13.7. The summed E-state index contributed by atoms with van der Waals surface area (Å²) in [7, 11) is 0. The molecule has 1 aromatic carbocycles. The minimum atomic E-state index is -0.115. The van der Waals surface area contributed by atoms with Crippen LogP contribution in [0, 0.1) is 0 Å². The van der Waals surface area contributed by atoms with Crippen molar-refractivity contribution in [3.05, 3.63) is 29.3 Å². The fourth-order valence-electron chi connectivity index (χ4n) is 3.00. The first-order valence-electron chi connectivity index (χ1n) is 8.30. The monoisotopic (exact) mass is 339 g/mol. The number of anilines is 1. The lowest BCUT2D eigenvalue weighted by atomic mass is 10.0. The zero-order valence-corrected chi connectivity index (χ0v) is 14.4. The van der Waals surface area contributed by atoms with Gasteiger partial charge < -0.3 is 20.2 Å². The summed E-state index contributed by atoms with van der Waals surface area (Å²) in [5.41, 5.74) is 0.697. The summed E-state index contributed by atoms with van der Waals surface area (Å²) in [4.78, 5) is 16.9. The molecule has 2 N–H and O–H groups in total. The SMILES string of the molecule is CCN1CCC(N(CCCO)C(=O)Nc2cccc(Cl)c2)CC1. The number of halogens is 1. The van der Waals surface area contributed by atoms with Crippen LogP contribution in [0.4, 0.5) is 10.5 Å². The molecule has 1 aromatic rings. The molecule has 1 fully saturated rings. The standard InChI is InChI=1S/C17H26ClN3O2/c1-2-20-10-7-16(8-11-20)21(9-4-12-22)17(23)19-15-6-3-5-14(18)13-15/h3,5-6,13,16,22H,2,4,7-12H2,1H3,(H,19,23). The third-order valence-electron chi connectivity index (χ3n) is 4.34. The smallest absolute Gasteiger partial charge is 0.322 e.